The first-order chi connectivity index (χ1) is 3.70. The van der Waals surface area contributed by atoms with E-state index < -0.39 is 0 Å². The Morgan fingerprint density at radius 1 is 1.50 bits per heavy atom. The van der Waals surface area contributed by atoms with E-state index >= 15 is 0 Å². The van der Waals surface area contributed by atoms with Gasteiger partial charge in [0.1, 0.15) is 2.88 Å². The van der Waals surface area contributed by atoms with Crippen LogP contribution in [0.15, 0.2) is 0 Å². The van der Waals surface area contributed by atoms with Crippen molar-refractivity contribution < 1.29 is 0 Å². The van der Waals surface area contributed by atoms with Crippen molar-refractivity contribution in [3.8, 4) is 0 Å². The lowest BCUT2D eigenvalue weighted by atomic mass is 11.0. The summed E-state index contributed by atoms with van der Waals surface area (Å²) in [4.78, 5) is 3.75. The molecule has 0 amide bonds. The minimum Gasteiger partial charge on any atom is -0.212 e. The van der Waals surface area contributed by atoms with Crippen molar-refractivity contribution in [3.63, 3.8) is 0 Å². The molecule has 1 rings (SSSR count). The fourth-order valence-electron chi connectivity index (χ4n) is 0.260. The van der Waals surface area contributed by atoms with Crippen LogP contribution in [0, 0.1) is 2.88 Å². The van der Waals surface area contributed by atoms with Gasteiger partial charge < -0.3 is 0 Å². The highest BCUT2D eigenvalue weighted by Crippen LogP contribution is 2.27. The van der Waals surface area contributed by atoms with E-state index in [1.54, 1.807) is 0 Å². The number of rotatable bonds is 0. The predicted molar refractivity (Wildman–Crippen MR) is 44.9 cm³/mol. The highest BCUT2D eigenvalue weighted by atomic mass is 127. The van der Waals surface area contributed by atoms with Crippen LogP contribution in [0.5, 0.6) is 0 Å². The van der Waals surface area contributed by atoms with Crippen LogP contribution < -0.4 is 0 Å². The smallest absolute Gasteiger partial charge is 0.186 e. The van der Waals surface area contributed by atoms with Gasteiger partial charge >= 0.3 is 0 Å². The number of halogens is 3. The molecule has 0 fully saturated rings. The van der Waals surface area contributed by atoms with E-state index in [0.717, 1.165) is 2.88 Å². The van der Waals surface area contributed by atoms with E-state index in [9.17, 15) is 0 Å². The first-order valence-corrected chi connectivity index (χ1v) is 4.32. The van der Waals surface area contributed by atoms with Crippen LogP contribution in [0.25, 0.3) is 0 Å². The highest BCUT2D eigenvalue weighted by Gasteiger charge is 2.01. The Balaban J connectivity index is 3.14. The molecule has 5 heteroatoms. The van der Waals surface area contributed by atoms with Gasteiger partial charge in [0.25, 0.3) is 0 Å². The lowest BCUT2D eigenvalue weighted by molar-refractivity contribution is 1.41. The topological polar surface area (TPSA) is 12.9 Å². The van der Waals surface area contributed by atoms with Crippen LogP contribution in [0.1, 0.15) is 0 Å². The molecule has 0 saturated carbocycles. The predicted octanol–water partition coefficient (Wildman–Crippen LogP) is 3.05. The third-order valence-electron chi connectivity index (χ3n) is 0.522. The second-order valence-electron chi connectivity index (χ2n) is 1.03. The molecule has 0 N–H and O–H groups in total. The molecule has 0 aliphatic carbocycles. The van der Waals surface area contributed by atoms with Crippen LogP contribution in [0.4, 0.5) is 0 Å². The maximum Gasteiger partial charge on any atom is 0.186 e. The van der Waals surface area contributed by atoms with Crippen molar-refractivity contribution in [3.05, 3.63) is 12.5 Å². The molecule has 0 aliphatic rings. The summed E-state index contributed by atoms with van der Waals surface area (Å²) in [5.74, 6) is 0. The molecule has 0 spiro atoms. The molecule has 44 valence electrons. The van der Waals surface area contributed by atoms with Gasteiger partial charge in [-0.25, -0.2) is 4.98 Å². The molecule has 1 heterocycles. The Hall–Kier alpha value is 0.940. The fourth-order valence-corrected chi connectivity index (χ4v) is 2.42. The molecular formula is C3Cl2INS. The van der Waals surface area contributed by atoms with Gasteiger partial charge in [0.15, 0.2) is 9.62 Å². The van der Waals surface area contributed by atoms with Gasteiger partial charge in [0, 0.05) is 0 Å². The molecule has 1 nitrogen and oxygen atoms in total. The van der Waals surface area contributed by atoms with Crippen LogP contribution in [-0.2, 0) is 0 Å². The molecule has 0 bridgehead atoms. The standard InChI is InChI=1S/C3Cl2INS/c4-1-2(6)8-3(5)7-1. The number of nitrogens with zero attached hydrogens (tertiary/aromatic N) is 1. The normalized spacial score (nSPS) is 9.88. The van der Waals surface area contributed by atoms with E-state index in [-0.39, 0.29) is 0 Å². The summed E-state index contributed by atoms with van der Waals surface area (Å²) in [6, 6.07) is 0. The van der Waals surface area contributed by atoms with Gasteiger partial charge in [0.2, 0.25) is 0 Å². The maximum absolute atomic E-state index is 5.54. The Bertz CT molecular complexity index is 180. The van der Waals surface area contributed by atoms with Gasteiger partial charge in [-0.3, -0.25) is 0 Å². The molecule has 0 aliphatic heterocycles. The summed E-state index contributed by atoms with van der Waals surface area (Å²) in [5, 5.41) is 0.501. The molecule has 1 aromatic heterocycles. The van der Waals surface area contributed by atoms with E-state index in [0.29, 0.717) is 9.62 Å². The third kappa shape index (κ3) is 1.46. The minimum absolute atomic E-state index is 0.499. The van der Waals surface area contributed by atoms with E-state index in [1.165, 1.54) is 11.3 Å². The van der Waals surface area contributed by atoms with Crippen molar-refractivity contribution >= 4 is 57.1 Å². The van der Waals surface area contributed by atoms with E-state index in [1.807, 2.05) is 0 Å². The van der Waals surface area contributed by atoms with Gasteiger partial charge in [-0.05, 0) is 22.6 Å². The van der Waals surface area contributed by atoms with E-state index in [4.69, 9.17) is 23.2 Å². The molecular weight excluding hydrogens is 280 g/mol. The number of aromatic nitrogens is 1. The lowest BCUT2D eigenvalue weighted by Crippen LogP contribution is -1.59. The van der Waals surface area contributed by atoms with Crippen LogP contribution in [0.3, 0.4) is 0 Å². The average Bonchev–Trinajstić information content (AvgIpc) is 1.85. The SMILES string of the molecule is Clc1nc(Cl)c(I)s1. The van der Waals surface area contributed by atoms with Gasteiger partial charge in [-0.1, -0.05) is 34.5 Å². The number of hydrogen-bond donors (Lipinski definition) is 0. The Kier molecular flexibility index (Phi) is 2.36. The summed E-state index contributed by atoms with van der Waals surface area (Å²) < 4.78 is 1.44. The van der Waals surface area contributed by atoms with Crippen LogP contribution >= 0.6 is 57.1 Å². The van der Waals surface area contributed by atoms with Crippen molar-refractivity contribution in [1.82, 2.24) is 4.98 Å². The van der Waals surface area contributed by atoms with Crippen molar-refractivity contribution in [2.75, 3.05) is 0 Å². The molecule has 1 aromatic rings. The van der Waals surface area contributed by atoms with Crippen molar-refractivity contribution in [2.45, 2.75) is 0 Å². The van der Waals surface area contributed by atoms with Gasteiger partial charge in [-0.15, -0.1) is 0 Å². The highest BCUT2D eigenvalue weighted by molar-refractivity contribution is 14.1. The summed E-state index contributed by atoms with van der Waals surface area (Å²) in [5.41, 5.74) is 0. The van der Waals surface area contributed by atoms with Gasteiger partial charge in [-0.2, -0.15) is 0 Å². The molecule has 0 atom stereocenters. The second-order valence-corrected chi connectivity index (χ2v) is 4.78. The Morgan fingerprint density at radius 2 is 2.12 bits per heavy atom. The summed E-state index contributed by atoms with van der Waals surface area (Å²) in [7, 11) is 0. The molecule has 0 radical (unpaired) electrons. The first kappa shape index (κ1) is 7.05. The average molecular weight is 280 g/mol. The Morgan fingerprint density at radius 3 is 2.25 bits per heavy atom. The zero-order valence-electron chi connectivity index (χ0n) is 3.49. The quantitative estimate of drug-likeness (QED) is 0.665. The summed E-state index contributed by atoms with van der Waals surface area (Å²) in [6.07, 6.45) is 0. The number of thiazole rings is 1. The van der Waals surface area contributed by atoms with Crippen molar-refractivity contribution in [2.24, 2.45) is 0 Å². The van der Waals surface area contributed by atoms with Gasteiger partial charge in [0.05, 0.1) is 0 Å². The Labute approximate surface area is 74.2 Å². The molecule has 0 aromatic carbocycles. The summed E-state index contributed by atoms with van der Waals surface area (Å²) >= 11 is 14.5. The third-order valence-corrected chi connectivity index (χ3v) is 3.35. The lowest BCUT2D eigenvalue weighted by Gasteiger charge is -1.71. The maximum atomic E-state index is 5.54. The van der Waals surface area contributed by atoms with Crippen LogP contribution in [0.2, 0.25) is 9.62 Å². The molecule has 0 unspecified atom stereocenters. The zero-order valence-corrected chi connectivity index (χ0v) is 7.98. The molecule has 0 saturated heterocycles. The monoisotopic (exact) mass is 279 g/mol. The minimum atomic E-state index is 0.499. The van der Waals surface area contributed by atoms with Crippen molar-refractivity contribution in [1.29, 1.82) is 0 Å². The number of hydrogen-bond acceptors (Lipinski definition) is 2. The summed E-state index contributed by atoms with van der Waals surface area (Å²) in [6.45, 7) is 0. The largest absolute Gasteiger partial charge is 0.212 e. The van der Waals surface area contributed by atoms with Crippen LogP contribution in [-0.4, -0.2) is 4.98 Å². The first-order valence-electron chi connectivity index (χ1n) is 1.67. The zero-order chi connectivity index (χ0) is 6.15. The molecule has 8 heavy (non-hydrogen) atoms. The van der Waals surface area contributed by atoms with E-state index in [2.05, 4.69) is 27.6 Å². The fraction of sp³-hybridized carbons (Fsp3) is 0. The second kappa shape index (κ2) is 2.68.